The van der Waals surface area contributed by atoms with Gasteiger partial charge < -0.3 is 10.0 Å². The number of aryl methyl sites for hydroxylation is 2. The van der Waals surface area contributed by atoms with E-state index in [1.165, 1.54) is 5.56 Å². The molecule has 0 bridgehead atoms. The van der Waals surface area contributed by atoms with E-state index in [1.807, 2.05) is 19.9 Å². The highest BCUT2D eigenvalue weighted by atomic mass is 32.2. The predicted octanol–water partition coefficient (Wildman–Crippen LogP) is 2.54. The van der Waals surface area contributed by atoms with Crippen molar-refractivity contribution in [3.63, 3.8) is 0 Å². The Kier molecular flexibility index (Phi) is 3.62. The molecule has 4 heteroatoms. The summed E-state index contributed by atoms with van der Waals surface area (Å²) in [5.74, 6) is 1.41. The molecule has 17 heavy (non-hydrogen) atoms. The molecule has 1 aliphatic rings. The highest BCUT2D eigenvalue weighted by Gasteiger charge is 2.17. The molecule has 0 aromatic heterocycles. The van der Waals surface area contributed by atoms with Crippen molar-refractivity contribution in [2.45, 2.75) is 20.3 Å². The molecule has 0 unspecified atom stereocenters. The maximum Gasteiger partial charge on any atom is 0.156 e. The number of nitrogens with zero attached hydrogens (tertiary/aromatic N) is 1. The fourth-order valence-electron chi connectivity index (χ4n) is 2.04. The lowest BCUT2D eigenvalue weighted by atomic mass is 10.0. The highest BCUT2D eigenvalue weighted by molar-refractivity contribution is 8.14. The van der Waals surface area contributed by atoms with E-state index >= 15 is 0 Å². The van der Waals surface area contributed by atoms with Gasteiger partial charge in [-0.3, -0.25) is 5.41 Å². The Bertz CT molecular complexity index is 445. The van der Waals surface area contributed by atoms with Gasteiger partial charge in [0.05, 0.1) is 0 Å². The summed E-state index contributed by atoms with van der Waals surface area (Å²) in [5, 5.41) is 18.0. The van der Waals surface area contributed by atoms with Crippen LogP contribution in [-0.2, 0) is 6.42 Å². The van der Waals surface area contributed by atoms with Crippen LogP contribution in [0.15, 0.2) is 12.1 Å². The van der Waals surface area contributed by atoms with Crippen LogP contribution < -0.4 is 0 Å². The van der Waals surface area contributed by atoms with Crippen LogP contribution in [0.3, 0.4) is 0 Å². The minimum absolute atomic E-state index is 0.371. The Hall–Kier alpha value is -1.16. The second-order valence-electron chi connectivity index (χ2n) is 4.46. The largest absolute Gasteiger partial charge is 0.508 e. The molecule has 0 saturated carbocycles. The van der Waals surface area contributed by atoms with Gasteiger partial charge in [0.2, 0.25) is 0 Å². The van der Waals surface area contributed by atoms with Gasteiger partial charge >= 0.3 is 0 Å². The third-order valence-corrected chi connectivity index (χ3v) is 4.11. The van der Waals surface area contributed by atoms with E-state index in [2.05, 4.69) is 11.0 Å². The van der Waals surface area contributed by atoms with E-state index < -0.39 is 0 Å². The molecular formula is C13H18N2OS. The van der Waals surface area contributed by atoms with Gasteiger partial charge in [0.1, 0.15) is 5.75 Å². The van der Waals surface area contributed by atoms with Crippen molar-refractivity contribution in [1.82, 2.24) is 4.90 Å². The van der Waals surface area contributed by atoms with Gasteiger partial charge in [0.25, 0.3) is 0 Å². The molecule has 1 fully saturated rings. The van der Waals surface area contributed by atoms with E-state index in [-0.39, 0.29) is 0 Å². The molecule has 1 saturated heterocycles. The quantitative estimate of drug-likeness (QED) is 0.866. The highest BCUT2D eigenvalue weighted by Crippen LogP contribution is 2.23. The minimum atomic E-state index is 0.371. The second-order valence-corrected chi connectivity index (χ2v) is 5.54. The summed E-state index contributed by atoms with van der Waals surface area (Å²) < 4.78 is 0. The van der Waals surface area contributed by atoms with Crippen molar-refractivity contribution in [2.24, 2.45) is 0 Å². The van der Waals surface area contributed by atoms with E-state index in [1.54, 1.807) is 11.8 Å². The molecule has 0 radical (unpaired) electrons. The summed E-state index contributed by atoms with van der Waals surface area (Å²) in [4.78, 5) is 2.12. The van der Waals surface area contributed by atoms with Crippen molar-refractivity contribution in [1.29, 1.82) is 5.41 Å². The zero-order valence-electron chi connectivity index (χ0n) is 10.3. The van der Waals surface area contributed by atoms with Gasteiger partial charge in [-0.2, -0.15) is 0 Å². The van der Waals surface area contributed by atoms with Gasteiger partial charge in [0, 0.05) is 18.8 Å². The number of nitrogens with one attached hydrogen (secondary N) is 1. The summed E-state index contributed by atoms with van der Waals surface area (Å²) >= 11 is 1.62. The molecule has 1 aliphatic heterocycles. The van der Waals surface area contributed by atoms with Crippen LogP contribution in [0.25, 0.3) is 0 Å². The summed E-state index contributed by atoms with van der Waals surface area (Å²) in [7, 11) is 0. The van der Waals surface area contributed by atoms with Crippen LogP contribution in [0.4, 0.5) is 0 Å². The Morgan fingerprint density at radius 2 is 2.12 bits per heavy atom. The van der Waals surface area contributed by atoms with Crippen molar-refractivity contribution in [3.05, 3.63) is 28.8 Å². The molecule has 0 spiro atoms. The Labute approximate surface area is 106 Å². The fraction of sp³-hybridized carbons (Fsp3) is 0.462. The summed E-state index contributed by atoms with van der Waals surface area (Å²) in [5.41, 5.74) is 3.33. The first-order valence-corrected chi connectivity index (χ1v) is 6.82. The molecule has 1 heterocycles. The lowest BCUT2D eigenvalue weighted by molar-refractivity contribution is 0.460. The molecule has 0 aliphatic carbocycles. The van der Waals surface area contributed by atoms with Crippen molar-refractivity contribution in [3.8, 4) is 5.75 Å². The number of aromatic hydroxyl groups is 1. The minimum Gasteiger partial charge on any atom is -0.508 e. The van der Waals surface area contributed by atoms with Gasteiger partial charge in [-0.25, -0.2) is 0 Å². The number of rotatable bonds is 3. The maximum absolute atomic E-state index is 9.60. The number of hydrogen-bond acceptors (Lipinski definition) is 3. The summed E-state index contributed by atoms with van der Waals surface area (Å²) in [6.45, 7) is 5.83. The molecule has 2 N–H and O–H groups in total. The lowest BCUT2D eigenvalue weighted by Gasteiger charge is -2.17. The van der Waals surface area contributed by atoms with Crippen LogP contribution >= 0.6 is 11.8 Å². The Balaban J connectivity index is 2.04. The second kappa shape index (κ2) is 5.00. The zero-order valence-corrected chi connectivity index (χ0v) is 11.1. The number of phenolic OH excluding ortho intramolecular Hbond substituents is 1. The average Bonchev–Trinajstić information content (AvgIpc) is 2.68. The molecule has 2 rings (SSSR count). The van der Waals surface area contributed by atoms with Crippen LogP contribution in [0.1, 0.15) is 16.7 Å². The summed E-state index contributed by atoms with van der Waals surface area (Å²) in [6, 6.07) is 3.88. The first-order chi connectivity index (χ1) is 8.08. The number of thioether (sulfide) groups is 1. The smallest absolute Gasteiger partial charge is 0.156 e. The van der Waals surface area contributed by atoms with Crippen molar-refractivity contribution >= 4 is 16.9 Å². The van der Waals surface area contributed by atoms with Gasteiger partial charge in [0.15, 0.2) is 5.17 Å². The monoisotopic (exact) mass is 250 g/mol. The molecule has 0 atom stereocenters. The maximum atomic E-state index is 9.60. The van der Waals surface area contributed by atoms with E-state index in [9.17, 15) is 5.11 Å². The first-order valence-electron chi connectivity index (χ1n) is 5.83. The standard InChI is InChI=1S/C13H18N2OS/c1-9-8-12(16)10(2)7-11(9)3-4-15-5-6-17-13(15)14/h7-8,14,16H,3-6H2,1-2H3. The molecule has 92 valence electrons. The number of phenols is 1. The predicted molar refractivity (Wildman–Crippen MR) is 73.0 cm³/mol. The number of hydrogen-bond donors (Lipinski definition) is 2. The molecule has 1 aromatic rings. The number of benzene rings is 1. The lowest BCUT2D eigenvalue weighted by Crippen LogP contribution is -2.26. The SMILES string of the molecule is Cc1cc(CCN2CCSC2=N)c(C)cc1O. The molecular weight excluding hydrogens is 232 g/mol. The molecule has 0 amide bonds. The van der Waals surface area contributed by atoms with Crippen molar-refractivity contribution in [2.75, 3.05) is 18.8 Å². The van der Waals surface area contributed by atoms with E-state index in [0.29, 0.717) is 10.9 Å². The van der Waals surface area contributed by atoms with Crippen LogP contribution in [0.5, 0.6) is 5.75 Å². The molecule has 1 aromatic carbocycles. The topological polar surface area (TPSA) is 47.3 Å². The van der Waals surface area contributed by atoms with Crippen LogP contribution in [0.2, 0.25) is 0 Å². The average molecular weight is 250 g/mol. The normalized spacial score (nSPS) is 15.6. The zero-order chi connectivity index (χ0) is 12.4. The van der Waals surface area contributed by atoms with Crippen LogP contribution in [-0.4, -0.2) is 34.0 Å². The molecule has 3 nitrogen and oxygen atoms in total. The fourth-order valence-corrected chi connectivity index (χ4v) is 2.91. The number of amidine groups is 1. The Morgan fingerprint density at radius 3 is 2.76 bits per heavy atom. The van der Waals surface area contributed by atoms with E-state index in [4.69, 9.17) is 5.41 Å². The van der Waals surface area contributed by atoms with E-state index in [0.717, 1.165) is 36.4 Å². The summed E-state index contributed by atoms with van der Waals surface area (Å²) in [6.07, 6.45) is 0.940. The first kappa shape index (κ1) is 12.3. The van der Waals surface area contributed by atoms with Gasteiger partial charge in [-0.05, 0) is 43.0 Å². The van der Waals surface area contributed by atoms with Gasteiger partial charge in [-0.15, -0.1) is 0 Å². The van der Waals surface area contributed by atoms with Gasteiger partial charge in [-0.1, -0.05) is 17.8 Å². The van der Waals surface area contributed by atoms with Crippen LogP contribution in [0, 0.1) is 19.3 Å². The third kappa shape index (κ3) is 2.75. The third-order valence-electron chi connectivity index (χ3n) is 3.19. The Morgan fingerprint density at radius 1 is 1.35 bits per heavy atom. The van der Waals surface area contributed by atoms with Crippen molar-refractivity contribution < 1.29 is 5.11 Å².